The smallest absolute Gasteiger partial charge is 0.226 e. The molecule has 1 N–H and O–H groups in total. The number of para-hydroxylation sites is 1. The van der Waals surface area contributed by atoms with Crippen molar-refractivity contribution >= 4 is 27.8 Å². The lowest BCUT2D eigenvalue weighted by Gasteiger charge is -2.07. The summed E-state index contributed by atoms with van der Waals surface area (Å²) >= 11 is 0. The highest BCUT2D eigenvalue weighted by atomic mass is 16.5. The highest BCUT2D eigenvalue weighted by molar-refractivity contribution is 5.88. The SMILES string of the molecule is Cc1cc(C)c2c(CC(=O)NCCn3ccc4ccccc43)noc2c1. The first-order chi connectivity index (χ1) is 12.6. The van der Waals surface area contributed by atoms with E-state index in [2.05, 4.69) is 39.3 Å². The van der Waals surface area contributed by atoms with Crippen molar-refractivity contribution in [3.8, 4) is 0 Å². The van der Waals surface area contributed by atoms with Gasteiger partial charge in [0.1, 0.15) is 5.69 Å². The molecule has 132 valence electrons. The van der Waals surface area contributed by atoms with Crippen LogP contribution in [0.5, 0.6) is 0 Å². The Hall–Kier alpha value is -3.08. The number of aromatic nitrogens is 2. The summed E-state index contributed by atoms with van der Waals surface area (Å²) in [6.45, 7) is 5.35. The maximum atomic E-state index is 12.3. The number of hydrogen-bond donors (Lipinski definition) is 1. The van der Waals surface area contributed by atoms with Crippen LogP contribution in [0, 0.1) is 13.8 Å². The van der Waals surface area contributed by atoms with Crippen molar-refractivity contribution in [1.82, 2.24) is 15.0 Å². The molecule has 0 atom stereocenters. The van der Waals surface area contributed by atoms with E-state index < -0.39 is 0 Å². The van der Waals surface area contributed by atoms with E-state index >= 15 is 0 Å². The summed E-state index contributed by atoms with van der Waals surface area (Å²) in [6.07, 6.45) is 2.27. The molecule has 0 aliphatic rings. The van der Waals surface area contributed by atoms with Crippen molar-refractivity contribution in [2.75, 3.05) is 6.54 Å². The van der Waals surface area contributed by atoms with E-state index in [0.29, 0.717) is 12.2 Å². The minimum absolute atomic E-state index is 0.0448. The number of amides is 1. The van der Waals surface area contributed by atoms with E-state index in [1.165, 1.54) is 10.9 Å². The minimum atomic E-state index is -0.0448. The Morgan fingerprint density at radius 1 is 1.19 bits per heavy atom. The Bertz CT molecular complexity index is 1090. The number of rotatable bonds is 5. The molecule has 5 nitrogen and oxygen atoms in total. The Morgan fingerprint density at radius 3 is 2.92 bits per heavy atom. The van der Waals surface area contributed by atoms with Crippen LogP contribution in [-0.2, 0) is 17.8 Å². The van der Waals surface area contributed by atoms with Gasteiger partial charge in [-0.2, -0.15) is 0 Å². The van der Waals surface area contributed by atoms with Crippen LogP contribution in [0.3, 0.4) is 0 Å². The molecule has 1 amide bonds. The van der Waals surface area contributed by atoms with Gasteiger partial charge in [0.05, 0.1) is 6.42 Å². The molecule has 4 aromatic rings. The first-order valence-electron chi connectivity index (χ1n) is 8.78. The fraction of sp³-hybridized carbons (Fsp3) is 0.238. The lowest BCUT2D eigenvalue weighted by Crippen LogP contribution is -2.28. The topological polar surface area (TPSA) is 60.1 Å². The van der Waals surface area contributed by atoms with Crippen molar-refractivity contribution in [2.24, 2.45) is 0 Å². The summed E-state index contributed by atoms with van der Waals surface area (Å²) in [4.78, 5) is 12.3. The number of benzene rings is 2. The molecule has 0 saturated heterocycles. The van der Waals surface area contributed by atoms with E-state index in [4.69, 9.17) is 4.52 Å². The maximum absolute atomic E-state index is 12.3. The van der Waals surface area contributed by atoms with Crippen LogP contribution < -0.4 is 5.32 Å². The molecule has 0 saturated carbocycles. The molecule has 0 radical (unpaired) electrons. The quantitative estimate of drug-likeness (QED) is 0.598. The van der Waals surface area contributed by atoms with Gasteiger partial charge in [-0.15, -0.1) is 0 Å². The lowest BCUT2D eigenvalue weighted by atomic mass is 10.0. The number of aryl methyl sites for hydroxylation is 2. The Labute approximate surface area is 151 Å². The van der Waals surface area contributed by atoms with Gasteiger partial charge >= 0.3 is 0 Å². The Kier molecular flexibility index (Phi) is 4.21. The average molecular weight is 347 g/mol. The first-order valence-corrected chi connectivity index (χ1v) is 8.78. The van der Waals surface area contributed by atoms with E-state index in [-0.39, 0.29) is 12.3 Å². The van der Waals surface area contributed by atoms with Gasteiger partial charge in [0, 0.05) is 30.2 Å². The summed E-state index contributed by atoms with van der Waals surface area (Å²) in [7, 11) is 0. The molecule has 0 spiro atoms. The summed E-state index contributed by atoms with van der Waals surface area (Å²) < 4.78 is 7.54. The third-order valence-corrected chi connectivity index (χ3v) is 4.67. The molecule has 0 unspecified atom stereocenters. The normalized spacial score (nSPS) is 11.3. The molecule has 2 aromatic heterocycles. The molecule has 4 rings (SSSR count). The van der Waals surface area contributed by atoms with Crippen molar-refractivity contribution in [3.05, 3.63) is 65.5 Å². The van der Waals surface area contributed by atoms with Crippen LogP contribution in [0.4, 0.5) is 0 Å². The van der Waals surface area contributed by atoms with Crippen molar-refractivity contribution in [2.45, 2.75) is 26.8 Å². The van der Waals surface area contributed by atoms with Crippen molar-refractivity contribution in [1.29, 1.82) is 0 Å². The summed E-state index contributed by atoms with van der Waals surface area (Å²) in [5, 5.41) is 9.23. The zero-order valence-corrected chi connectivity index (χ0v) is 15.0. The first kappa shape index (κ1) is 16.4. The van der Waals surface area contributed by atoms with Gasteiger partial charge in [-0.1, -0.05) is 29.4 Å². The number of nitrogens with zero attached hydrogens (tertiary/aromatic N) is 2. The van der Waals surface area contributed by atoms with Crippen LogP contribution in [0.1, 0.15) is 16.8 Å². The highest BCUT2D eigenvalue weighted by Gasteiger charge is 2.14. The summed E-state index contributed by atoms with van der Waals surface area (Å²) in [5.41, 5.74) is 4.82. The van der Waals surface area contributed by atoms with Gasteiger partial charge < -0.3 is 14.4 Å². The molecular formula is C21H21N3O2. The molecule has 2 heterocycles. The lowest BCUT2D eigenvalue weighted by molar-refractivity contribution is -0.120. The average Bonchev–Trinajstić information content (AvgIpc) is 3.19. The fourth-order valence-electron chi connectivity index (χ4n) is 3.51. The second-order valence-corrected chi connectivity index (χ2v) is 6.68. The predicted molar refractivity (Wildman–Crippen MR) is 102 cm³/mol. The number of carbonyl (C=O) groups excluding carboxylic acids is 1. The molecule has 2 aromatic carbocycles. The van der Waals surface area contributed by atoms with Crippen molar-refractivity contribution in [3.63, 3.8) is 0 Å². The Morgan fingerprint density at radius 2 is 2.04 bits per heavy atom. The summed E-state index contributed by atoms with van der Waals surface area (Å²) in [6, 6.07) is 14.3. The Balaban J connectivity index is 1.40. The van der Waals surface area contributed by atoms with E-state index in [9.17, 15) is 4.79 Å². The van der Waals surface area contributed by atoms with Crippen LogP contribution in [0.15, 0.2) is 53.2 Å². The molecule has 26 heavy (non-hydrogen) atoms. The largest absolute Gasteiger partial charge is 0.356 e. The zero-order chi connectivity index (χ0) is 18.1. The summed E-state index contributed by atoms with van der Waals surface area (Å²) in [5.74, 6) is -0.0448. The monoisotopic (exact) mass is 347 g/mol. The van der Waals surface area contributed by atoms with Gasteiger partial charge in [-0.25, -0.2) is 0 Å². The zero-order valence-electron chi connectivity index (χ0n) is 15.0. The molecule has 0 aliphatic heterocycles. The molecule has 0 fully saturated rings. The van der Waals surface area contributed by atoms with Crippen LogP contribution in [0.2, 0.25) is 0 Å². The number of fused-ring (bicyclic) bond motifs is 2. The van der Waals surface area contributed by atoms with Crippen LogP contribution in [0.25, 0.3) is 21.9 Å². The van der Waals surface area contributed by atoms with Gasteiger partial charge in [0.2, 0.25) is 5.91 Å². The number of nitrogens with one attached hydrogen (secondary N) is 1. The minimum Gasteiger partial charge on any atom is -0.356 e. The number of hydrogen-bond acceptors (Lipinski definition) is 3. The van der Waals surface area contributed by atoms with Crippen molar-refractivity contribution < 1.29 is 9.32 Å². The molecular weight excluding hydrogens is 326 g/mol. The second-order valence-electron chi connectivity index (χ2n) is 6.68. The highest BCUT2D eigenvalue weighted by Crippen LogP contribution is 2.24. The predicted octanol–water partition coefficient (Wildman–Crippen LogP) is 3.76. The molecule has 0 aliphatic carbocycles. The van der Waals surface area contributed by atoms with Gasteiger partial charge in [0.15, 0.2) is 5.58 Å². The second kappa shape index (κ2) is 6.67. The van der Waals surface area contributed by atoms with Gasteiger partial charge in [0.25, 0.3) is 0 Å². The molecule has 0 bridgehead atoms. The van der Waals surface area contributed by atoms with Gasteiger partial charge in [-0.05, 0) is 48.6 Å². The number of carbonyl (C=O) groups is 1. The van der Waals surface area contributed by atoms with E-state index in [0.717, 1.165) is 28.6 Å². The van der Waals surface area contributed by atoms with E-state index in [1.807, 2.05) is 38.2 Å². The maximum Gasteiger partial charge on any atom is 0.226 e. The standard InChI is InChI=1S/C21H21N3O2/c1-14-11-15(2)21-17(23-26-19(21)12-14)13-20(25)22-8-10-24-9-7-16-5-3-4-6-18(16)24/h3-7,9,11-12H,8,10,13H2,1-2H3,(H,22,25). The molecule has 5 heteroatoms. The van der Waals surface area contributed by atoms with E-state index in [1.54, 1.807) is 0 Å². The third kappa shape index (κ3) is 3.08. The van der Waals surface area contributed by atoms with Crippen LogP contribution in [-0.4, -0.2) is 22.2 Å². The van der Waals surface area contributed by atoms with Crippen LogP contribution >= 0.6 is 0 Å². The van der Waals surface area contributed by atoms with Gasteiger partial charge in [-0.3, -0.25) is 4.79 Å². The third-order valence-electron chi connectivity index (χ3n) is 4.67. The fourth-order valence-corrected chi connectivity index (χ4v) is 3.51.